The lowest BCUT2D eigenvalue weighted by molar-refractivity contribution is -0.143. The van der Waals surface area contributed by atoms with Gasteiger partial charge in [-0.1, -0.05) is 18.2 Å². The summed E-state index contributed by atoms with van der Waals surface area (Å²) in [5.41, 5.74) is -0.664. The summed E-state index contributed by atoms with van der Waals surface area (Å²) in [5.74, 6) is -0.892. The van der Waals surface area contributed by atoms with Crippen LogP contribution in [0.25, 0.3) is 0 Å². The molecule has 0 saturated carbocycles. The zero-order valence-electron chi connectivity index (χ0n) is 17.9. The average molecular weight is 483 g/mol. The molecule has 2 unspecified atom stereocenters. The maximum atomic E-state index is 13.5. The van der Waals surface area contributed by atoms with Crippen LogP contribution in [0.1, 0.15) is 58.9 Å². The van der Waals surface area contributed by atoms with Crippen molar-refractivity contribution in [1.82, 2.24) is 4.98 Å². The molecule has 0 bridgehead atoms. The van der Waals surface area contributed by atoms with Crippen molar-refractivity contribution in [2.75, 3.05) is 0 Å². The first kappa shape index (κ1) is 24.2. The molecule has 1 heterocycles. The number of nitrogens with zero attached hydrogens (tertiary/aromatic N) is 1. The van der Waals surface area contributed by atoms with Crippen molar-refractivity contribution < 1.29 is 35.5 Å². The molecule has 3 atom stereocenters. The van der Waals surface area contributed by atoms with Crippen LogP contribution in [0.4, 0.5) is 30.7 Å². The SMILES string of the molecule is C[C@@H](OC1CCc2cccnc2C1c1ccc(F)cc1)c1cc(C(F)(F)F)cc(C(F)(F)F)c1. The number of aromatic nitrogens is 1. The number of fused-ring (bicyclic) bond motifs is 1. The van der Waals surface area contributed by atoms with Crippen LogP contribution >= 0.6 is 0 Å². The third-order valence-electron chi connectivity index (χ3n) is 5.98. The summed E-state index contributed by atoms with van der Waals surface area (Å²) in [6, 6.07) is 10.9. The normalized spacial score (nSPS) is 19.5. The van der Waals surface area contributed by atoms with E-state index < -0.39 is 47.4 Å². The Kier molecular flexibility index (Phi) is 6.42. The van der Waals surface area contributed by atoms with Gasteiger partial charge in [0.1, 0.15) is 5.82 Å². The summed E-state index contributed by atoms with van der Waals surface area (Å²) < 4.78 is 99.4. The molecule has 3 aromatic rings. The largest absolute Gasteiger partial charge is 0.416 e. The number of alkyl halides is 6. The fourth-order valence-corrected chi connectivity index (χ4v) is 4.33. The molecule has 1 aromatic heterocycles. The lowest BCUT2D eigenvalue weighted by Crippen LogP contribution is -2.31. The number of rotatable bonds is 4. The minimum atomic E-state index is -4.94. The van der Waals surface area contributed by atoms with Gasteiger partial charge in [0, 0.05) is 6.20 Å². The molecule has 2 nitrogen and oxygen atoms in total. The van der Waals surface area contributed by atoms with Crippen molar-refractivity contribution in [2.45, 2.75) is 50.2 Å². The van der Waals surface area contributed by atoms with Crippen LogP contribution in [0.5, 0.6) is 0 Å². The summed E-state index contributed by atoms with van der Waals surface area (Å²) in [6.07, 6.45) is -8.90. The van der Waals surface area contributed by atoms with E-state index in [0.717, 1.165) is 5.56 Å². The summed E-state index contributed by atoms with van der Waals surface area (Å²) >= 11 is 0. The highest BCUT2D eigenvalue weighted by Crippen LogP contribution is 2.41. The number of benzene rings is 2. The van der Waals surface area contributed by atoms with Gasteiger partial charge in [0.05, 0.1) is 34.9 Å². The average Bonchev–Trinajstić information content (AvgIpc) is 2.78. The Morgan fingerprint density at radius 1 is 0.912 bits per heavy atom. The smallest absolute Gasteiger partial charge is 0.370 e. The number of hydrogen-bond donors (Lipinski definition) is 0. The van der Waals surface area contributed by atoms with Gasteiger partial charge in [0.2, 0.25) is 0 Å². The third kappa shape index (κ3) is 5.09. The van der Waals surface area contributed by atoms with E-state index in [1.807, 2.05) is 6.07 Å². The van der Waals surface area contributed by atoms with Crippen LogP contribution in [-0.4, -0.2) is 11.1 Å². The number of hydrogen-bond acceptors (Lipinski definition) is 2. The highest BCUT2D eigenvalue weighted by atomic mass is 19.4. The van der Waals surface area contributed by atoms with E-state index in [1.54, 1.807) is 24.4 Å². The van der Waals surface area contributed by atoms with Gasteiger partial charge in [-0.25, -0.2) is 4.39 Å². The fraction of sp³-hybridized carbons (Fsp3) is 0.320. The van der Waals surface area contributed by atoms with Crippen molar-refractivity contribution in [1.29, 1.82) is 0 Å². The molecule has 0 fully saturated rings. The Bertz CT molecular complexity index is 1120. The first-order chi connectivity index (χ1) is 15.9. The van der Waals surface area contributed by atoms with Crippen molar-refractivity contribution in [3.05, 3.63) is 100 Å². The van der Waals surface area contributed by atoms with Crippen molar-refractivity contribution in [3.63, 3.8) is 0 Å². The van der Waals surface area contributed by atoms with Gasteiger partial charge < -0.3 is 4.74 Å². The molecule has 0 aliphatic heterocycles. The van der Waals surface area contributed by atoms with Gasteiger partial charge in [-0.15, -0.1) is 0 Å². The van der Waals surface area contributed by atoms with Crippen LogP contribution < -0.4 is 0 Å². The summed E-state index contributed by atoms with van der Waals surface area (Å²) in [5, 5.41) is 0. The van der Waals surface area contributed by atoms with E-state index in [-0.39, 0.29) is 11.6 Å². The van der Waals surface area contributed by atoms with Crippen LogP contribution in [0.2, 0.25) is 0 Å². The van der Waals surface area contributed by atoms with Crippen molar-refractivity contribution in [2.24, 2.45) is 0 Å². The van der Waals surface area contributed by atoms with Gasteiger partial charge in [-0.05, 0) is 72.9 Å². The van der Waals surface area contributed by atoms with E-state index in [0.29, 0.717) is 36.2 Å². The monoisotopic (exact) mass is 483 g/mol. The molecular weight excluding hydrogens is 463 g/mol. The Hall–Kier alpha value is -2.94. The zero-order chi connectivity index (χ0) is 24.7. The highest BCUT2D eigenvalue weighted by molar-refractivity contribution is 5.38. The first-order valence-corrected chi connectivity index (χ1v) is 10.6. The standard InChI is InChI=1S/C25H20F7NO/c1-14(17-11-18(24(27,28)29)13-19(12-17)25(30,31)32)34-21-9-6-16-3-2-10-33-23(16)22(21)15-4-7-20(26)8-5-15/h2-5,7-8,10-14,21-22H,6,9H2,1H3/t14-,21?,22?/m1/s1. The van der Waals surface area contributed by atoms with Gasteiger partial charge in [-0.3, -0.25) is 4.98 Å². The number of aryl methyl sites for hydroxylation is 1. The molecule has 1 aliphatic rings. The maximum absolute atomic E-state index is 13.5. The predicted molar refractivity (Wildman–Crippen MR) is 111 cm³/mol. The van der Waals surface area contributed by atoms with Crippen LogP contribution in [0.15, 0.2) is 60.8 Å². The number of pyridine rings is 1. The Morgan fingerprint density at radius 3 is 2.12 bits per heavy atom. The Labute approximate surface area is 191 Å². The highest BCUT2D eigenvalue weighted by Gasteiger charge is 2.38. The minimum Gasteiger partial charge on any atom is -0.370 e. The number of halogens is 7. The van der Waals surface area contributed by atoms with E-state index in [2.05, 4.69) is 4.98 Å². The fourth-order valence-electron chi connectivity index (χ4n) is 4.33. The van der Waals surface area contributed by atoms with Crippen LogP contribution in [-0.2, 0) is 23.5 Å². The van der Waals surface area contributed by atoms with Gasteiger partial charge in [-0.2, -0.15) is 26.3 Å². The molecule has 0 radical (unpaired) electrons. The molecule has 9 heteroatoms. The van der Waals surface area contributed by atoms with E-state index in [9.17, 15) is 30.7 Å². The zero-order valence-corrected chi connectivity index (χ0v) is 17.9. The van der Waals surface area contributed by atoms with E-state index in [1.165, 1.54) is 19.1 Å². The molecule has 4 rings (SSSR count). The predicted octanol–water partition coefficient (Wildman–Crippen LogP) is 7.48. The molecule has 34 heavy (non-hydrogen) atoms. The second-order valence-corrected chi connectivity index (χ2v) is 8.27. The molecule has 2 aromatic carbocycles. The van der Waals surface area contributed by atoms with Crippen LogP contribution in [0.3, 0.4) is 0 Å². The number of ether oxygens (including phenoxy) is 1. The topological polar surface area (TPSA) is 22.1 Å². The first-order valence-electron chi connectivity index (χ1n) is 10.6. The molecule has 0 saturated heterocycles. The Balaban J connectivity index is 1.70. The summed E-state index contributed by atoms with van der Waals surface area (Å²) in [4.78, 5) is 4.45. The molecule has 180 valence electrons. The Morgan fingerprint density at radius 2 is 1.53 bits per heavy atom. The van der Waals surface area contributed by atoms with Crippen molar-refractivity contribution >= 4 is 0 Å². The second kappa shape index (κ2) is 9.02. The quantitative estimate of drug-likeness (QED) is 0.359. The molecule has 0 N–H and O–H groups in total. The lowest BCUT2D eigenvalue weighted by Gasteiger charge is -2.35. The molecule has 1 aliphatic carbocycles. The molecule has 0 amide bonds. The van der Waals surface area contributed by atoms with Crippen molar-refractivity contribution in [3.8, 4) is 0 Å². The molecular formula is C25H20F7NO. The van der Waals surface area contributed by atoms with Crippen LogP contribution in [0, 0.1) is 5.82 Å². The van der Waals surface area contributed by atoms with E-state index in [4.69, 9.17) is 4.74 Å². The second-order valence-electron chi connectivity index (χ2n) is 8.27. The molecule has 0 spiro atoms. The summed E-state index contributed by atoms with van der Waals surface area (Å²) in [7, 11) is 0. The van der Waals surface area contributed by atoms with E-state index >= 15 is 0 Å². The minimum absolute atomic E-state index is 0.0955. The maximum Gasteiger partial charge on any atom is 0.416 e. The third-order valence-corrected chi connectivity index (χ3v) is 5.98. The van der Waals surface area contributed by atoms with Gasteiger partial charge in [0.15, 0.2) is 0 Å². The summed E-state index contributed by atoms with van der Waals surface area (Å²) in [6.45, 7) is 1.42. The lowest BCUT2D eigenvalue weighted by atomic mass is 9.79. The van der Waals surface area contributed by atoms with Gasteiger partial charge >= 0.3 is 12.4 Å². The van der Waals surface area contributed by atoms with Gasteiger partial charge in [0.25, 0.3) is 0 Å².